The highest BCUT2D eigenvalue weighted by atomic mass is 79.9. The second-order valence-electron chi connectivity index (χ2n) is 13.9. The van der Waals surface area contributed by atoms with E-state index in [1.807, 2.05) is 66.7 Å². The predicted molar refractivity (Wildman–Crippen MR) is 228 cm³/mol. The first kappa shape index (κ1) is 46.8. The van der Waals surface area contributed by atoms with Crippen molar-refractivity contribution in [3.05, 3.63) is 111 Å². The van der Waals surface area contributed by atoms with Gasteiger partial charge in [-0.3, -0.25) is 14.4 Å². The van der Waals surface area contributed by atoms with E-state index < -0.39 is 0 Å². The summed E-state index contributed by atoms with van der Waals surface area (Å²) in [4.78, 5) is 44.2. The quantitative estimate of drug-likeness (QED) is 0.0872. The van der Waals surface area contributed by atoms with E-state index in [0.717, 1.165) is 55.2 Å². The van der Waals surface area contributed by atoms with Gasteiger partial charge in [-0.15, -0.1) is 0 Å². The Hall–Kier alpha value is -4.53. The maximum atomic E-state index is 12.4. The summed E-state index contributed by atoms with van der Waals surface area (Å²) in [6.07, 6.45) is 6.83. The average Bonchev–Trinajstić information content (AvgIpc) is 3.80. The molecule has 0 unspecified atom stereocenters. The number of aromatic nitrogens is 2. The van der Waals surface area contributed by atoms with Gasteiger partial charge in [0, 0.05) is 42.7 Å². The van der Waals surface area contributed by atoms with E-state index in [-0.39, 0.29) is 49.7 Å². The summed E-state index contributed by atoms with van der Waals surface area (Å²) in [5.74, 6) is 1.34. The van der Waals surface area contributed by atoms with Gasteiger partial charge in [0.05, 0.1) is 20.6 Å². The molecular formula is C43H55Br2N5O7. The molecule has 0 bridgehead atoms. The standard InChI is InChI=1S/C22H25BrN2O4.C14H19NO2.C6H7BrN2O.CH4/c1-28-21-12-17(10-19(23)25-21)11-20(26)24-18-8-7-16(9-18)13-22(27)29-14-15-5-3-2-4-6-15;15-13-7-6-12(8-13)9-14(16)17-10-11-4-2-1-3-5-11;1-10-6-3-4(8)2-5(7)9-6;/h2-6,10,12,16,18H,7-9,11,13-14H2,1H3,(H,24,26);1-5,12-13H,6-10,15H2;2-3H,1H3,(H2,8,9);1H4/t16-,18+;12-,13+;;/m00../s1. The first-order valence-corrected chi connectivity index (χ1v) is 20.2. The number of halogens is 2. The van der Waals surface area contributed by atoms with E-state index >= 15 is 0 Å². The van der Waals surface area contributed by atoms with Crippen LogP contribution in [-0.2, 0) is 43.5 Å². The number of hydrogen-bond donors (Lipinski definition) is 3. The number of anilines is 1. The van der Waals surface area contributed by atoms with E-state index in [0.29, 0.717) is 58.6 Å². The lowest BCUT2D eigenvalue weighted by Gasteiger charge is -2.14. The number of rotatable bonds is 13. The monoisotopic (exact) mass is 911 g/mol. The molecule has 2 aliphatic carbocycles. The number of pyridine rings is 2. The first-order valence-electron chi connectivity index (χ1n) is 18.6. The summed E-state index contributed by atoms with van der Waals surface area (Å²) in [5, 5.41) is 3.08. The van der Waals surface area contributed by atoms with Crippen LogP contribution in [0, 0.1) is 11.8 Å². The van der Waals surface area contributed by atoms with Crippen LogP contribution in [0.5, 0.6) is 11.8 Å². The average molecular weight is 914 g/mol. The fourth-order valence-electron chi connectivity index (χ4n) is 6.55. The molecule has 0 aliphatic heterocycles. The third kappa shape index (κ3) is 18.1. The Morgan fingerprint density at radius 2 is 1.21 bits per heavy atom. The molecule has 2 aromatic carbocycles. The maximum absolute atomic E-state index is 12.4. The molecule has 57 heavy (non-hydrogen) atoms. The highest BCUT2D eigenvalue weighted by molar-refractivity contribution is 9.10. The summed E-state index contributed by atoms with van der Waals surface area (Å²) in [6, 6.07) is 26.7. The van der Waals surface area contributed by atoms with E-state index in [1.54, 1.807) is 32.4 Å². The number of methoxy groups -OCH3 is 2. The lowest BCUT2D eigenvalue weighted by atomic mass is 10.0. The Labute approximate surface area is 353 Å². The van der Waals surface area contributed by atoms with Crippen molar-refractivity contribution in [1.82, 2.24) is 15.3 Å². The molecule has 2 heterocycles. The normalized spacial score (nSPS) is 18.0. The minimum Gasteiger partial charge on any atom is -0.481 e. The van der Waals surface area contributed by atoms with Gasteiger partial charge < -0.3 is 35.7 Å². The van der Waals surface area contributed by atoms with Gasteiger partial charge in [0.25, 0.3) is 0 Å². The van der Waals surface area contributed by atoms with Crippen molar-refractivity contribution < 1.29 is 33.3 Å². The molecule has 4 aromatic rings. The summed E-state index contributed by atoms with van der Waals surface area (Å²) >= 11 is 6.51. The molecule has 2 fully saturated rings. The Morgan fingerprint density at radius 3 is 1.72 bits per heavy atom. The molecule has 2 aliphatic rings. The van der Waals surface area contributed by atoms with Crippen LogP contribution in [0.25, 0.3) is 0 Å². The van der Waals surface area contributed by atoms with Gasteiger partial charge in [-0.1, -0.05) is 68.1 Å². The summed E-state index contributed by atoms with van der Waals surface area (Å²) in [7, 11) is 3.09. The lowest BCUT2D eigenvalue weighted by molar-refractivity contribution is -0.147. The molecule has 2 aromatic heterocycles. The second kappa shape index (κ2) is 25.0. The molecule has 308 valence electrons. The second-order valence-corrected chi connectivity index (χ2v) is 15.5. The highest BCUT2D eigenvalue weighted by Crippen LogP contribution is 2.29. The number of esters is 2. The van der Waals surface area contributed by atoms with Gasteiger partial charge in [-0.2, -0.15) is 0 Å². The Balaban J connectivity index is 0.000000261. The van der Waals surface area contributed by atoms with Crippen molar-refractivity contribution in [1.29, 1.82) is 0 Å². The molecule has 2 saturated carbocycles. The van der Waals surface area contributed by atoms with Crippen LogP contribution >= 0.6 is 31.9 Å². The number of nitrogen functional groups attached to an aromatic ring is 1. The van der Waals surface area contributed by atoms with Crippen molar-refractivity contribution in [3.63, 3.8) is 0 Å². The molecule has 0 spiro atoms. The van der Waals surface area contributed by atoms with Crippen LogP contribution in [-0.4, -0.2) is 54.1 Å². The van der Waals surface area contributed by atoms with Gasteiger partial charge in [0.1, 0.15) is 22.4 Å². The molecule has 0 radical (unpaired) electrons. The molecule has 5 N–H and O–H groups in total. The van der Waals surface area contributed by atoms with Crippen LogP contribution in [0.1, 0.15) is 75.5 Å². The lowest BCUT2D eigenvalue weighted by Crippen LogP contribution is -2.34. The van der Waals surface area contributed by atoms with Crippen LogP contribution in [0.2, 0.25) is 0 Å². The third-order valence-corrected chi connectivity index (χ3v) is 10.1. The molecule has 0 saturated heterocycles. The van der Waals surface area contributed by atoms with Gasteiger partial charge in [0.15, 0.2) is 0 Å². The predicted octanol–water partition coefficient (Wildman–Crippen LogP) is 8.13. The zero-order valence-corrected chi connectivity index (χ0v) is 35.0. The number of nitrogens with two attached hydrogens (primary N) is 2. The number of ether oxygens (including phenoxy) is 4. The summed E-state index contributed by atoms with van der Waals surface area (Å²) in [5.41, 5.74) is 14.8. The molecular weight excluding hydrogens is 858 g/mol. The number of nitrogens with zero attached hydrogens (tertiary/aromatic N) is 2. The Morgan fingerprint density at radius 1 is 0.702 bits per heavy atom. The summed E-state index contributed by atoms with van der Waals surface area (Å²) in [6.45, 7) is 0.677. The molecule has 6 rings (SSSR count). The van der Waals surface area contributed by atoms with Crippen molar-refractivity contribution >= 4 is 55.4 Å². The van der Waals surface area contributed by atoms with Gasteiger partial charge in [-0.25, -0.2) is 9.97 Å². The molecule has 14 heteroatoms. The fourth-order valence-corrected chi connectivity index (χ4v) is 7.45. The Bertz CT molecular complexity index is 1820. The number of carbonyl (C=O) groups is 3. The molecule has 1 amide bonds. The minimum absolute atomic E-state index is 0. The smallest absolute Gasteiger partial charge is 0.306 e. The van der Waals surface area contributed by atoms with Crippen LogP contribution in [0.15, 0.2) is 94.1 Å². The topological polar surface area (TPSA) is 178 Å². The SMILES string of the molecule is C.COc1cc(CC(=O)N[C@@H]2CC[C@H](CC(=O)OCc3ccccc3)C2)cc(Br)n1.COc1cc(N)cc(Br)n1.N[C@@H]1CC[C@H](CC(=O)OCc2ccccc2)C1. The van der Waals surface area contributed by atoms with E-state index in [9.17, 15) is 14.4 Å². The number of hydrogen-bond acceptors (Lipinski definition) is 11. The highest BCUT2D eigenvalue weighted by Gasteiger charge is 2.28. The van der Waals surface area contributed by atoms with Crippen LogP contribution < -0.4 is 26.3 Å². The fraction of sp³-hybridized carbons (Fsp3) is 0.419. The van der Waals surface area contributed by atoms with Gasteiger partial charge >= 0.3 is 11.9 Å². The zero-order valence-electron chi connectivity index (χ0n) is 31.8. The largest absolute Gasteiger partial charge is 0.481 e. The number of carbonyl (C=O) groups excluding carboxylic acids is 3. The van der Waals surface area contributed by atoms with Gasteiger partial charge in [0.2, 0.25) is 17.7 Å². The molecule has 12 nitrogen and oxygen atoms in total. The van der Waals surface area contributed by atoms with E-state index in [1.165, 1.54) is 0 Å². The van der Waals surface area contributed by atoms with Crippen LogP contribution in [0.4, 0.5) is 5.69 Å². The van der Waals surface area contributed by atoms with E-state index in [4.69, 9.17) is 30.4 Å². The maximum Gasteiger partial charge on any atom is 0.306 e. The molecule has 4 atom stereocenters. The first-order chi connectivity index (χ1) is 27.0. The van der Waals surface area contributed by atoms with Crippen molar-refractivity contribution in [2.75, 3.05) is 20.0 Å². The Kier molecular flexibility index (Phi) is 20.5. The van der Waals surface area contributed by atoms with Crippen molar-refractivity contribution in [2.45, 2.75) is 90.5 Å². The number of benzene rings is 2. The van der Waals surface area contributed by atoms with Crippen LogP contribution in [0.3, 0.4) is 0 Å². The van der Waals surface area contributed by atoms with Crippen molar-refractivity contribution in [3.8, 4) is 11.8 Å². The van der Waals surface area contributed by atoms with Crippen molar-refractivity contribution in [2.24, 2.45) is 17.6 Å². The number of amides is 1. The third-order valence-electron chi connectivity index (χ3n) is 9.29. The van der Waals surface area contributed by atoms with Gasteiger partial charge in [-0.05, 0) is 111 Å². The van der Waals surface area contributed by atoms with E-state index in [2.05, 4.69) is 47.1 Å². The minimum atomic E-state index is -0.181. The summed E-state index contributed by atoms with van der Waals surface area (Å²) < 4.78 is 21.9. The number of nitrogens with one attached hydrogen (secondary N) is 1. The zero-order chi connectivity index (χ0) is 40.3.